The number of amides is 3. The Morgan fingerprint density at radius 3 is 2.48 bits per heavy atom. The maximum absolute atomic E-state index is 11.6. The molecule has 3 N–H and O–H groups in total. The summed E-state index contributed by atoms with van der Waals surface area (Å²) in [4.78, 5) is 24.3. The Balaban J connectivity index is 2.24. The number of anilines is 1. The largest absolute Gasteiger partial charge is 0.445 e. The Morgan fingerprint density at radius 1 is 1.17 bits per heavy atom. The SMILES string of the molecule is CCCNc1ccc(COC(=O)NCCN(C)C(=O)NC)cc1. The van der Waals surface area contributed by atoms with Gasteiger partial charge in [-0.2, -0.15) is 0 Å². The summed E-state index contributed by atoms with van der Waals surface area (Å²) in [6.45, 7) is 4.00. The number of alkyl carbamates (subject to hydrolysis) is 1. The molecule has 3 amide bonds. The van der Waals surface area contributed by atoms with Crippen molar-refractivity contribution in [3.8, 4) is 0 Å². The lowest BCUT2D eigenvalue weighted by Gasteiger charge is -2.16. The number of carbonyl (C=O) groups excluding carboxylic acids is 2. The zero-order chi connectivity index (χ0) is 17.1. The topological polar surface area (TPSA) is 82.7 Å². The molecule has 1 aromatic rings. The Labute approximate surface area is 137 Å². The van der Waals surface area contributed by atoms with E-state index in [1.54, 1.807) is 14.1 Å². The molecule has 0 aliphatic carbocycles. The maximum Gasteiger partial charge on any atom is 0.407 e. The normalized spacial score (nSPS) is 9.87. The van der Waals surface area contributed by atoms with E-state index in [4.69, 9.17) is 4.74 Å². The van der Waals surface area contributed by atoms with Crippen LogP contribution in [0.15, 0.2) is 24.3 Å². The second kappa shape index (κ2) is 10.3. The van der Waals surface area contributed by atoms with Gasteiger partial charge >= 0.3 is 12.1 Å². The molecule has 0 fully saturated rings. The number of hydrogen-bond acceptors (Lipinski definition) is 4. The van der Waals surface area contributed by atoms with Gasteiger partial charge in [-0.1, -0.05) is 19.1 Å². The van der Waals surface area contributed by atoms with Gasteiger partial charge in [0, 0.05) is 39.4 Å². The van der Waals surface area contributed by atoms with Crippen LogP contribution in [0.4, 0.5) is 15.3 Å². The van der Waals surface area contributed by atoms with Crippen LogP contribution in [0.5, 0.6) is 0 Å². The predicted octanol–water partition coefficient (Wildman–Crippen LogP) is 2.01. The minimum absolute atomic E-state index is 0.197. The number of ether oxygens (including phenoxy) is 1. The molecule has 0 saturated carbocycles. The van der Waals surface area contributed by atoms with Gasteiger partial charge in [0.2, 0.25) is 0 Å². The minimum Gasteiger partial charge on any atom is -0.445 e. The van der Waals surface area contributed by atoms with Crippen LogP contribution in [-0.4, -0.2) is 50.8 Å². The second-order valence-electron chi connectivity index (χ2n) is 5.10. The van der Waals surface area contributed by atoms with E-state index in [2.05, 4.69) is 22.9 Å². The number of benzene rings is 1. The first kappa shape index (κ1) is 18.6. The summed E-state index contributed by atoms with van der Waals surface area (Å²) in [5.74, 6) is 0. The minimum atomic E-state index is -0.497. The highest BCUT2D eigenvalue weighted by Crippen LogP contribution is 2.10. The summed E-state index contributed by atoms with van der Waals surface area (Å²) in [5, 5.41) is 8.39. The Morgan fingerprint density at radius 2 is 1.87 bits per heavy atom. The molecule has 0 atom stereocenters. The third-order valence-corrected chi connectivity index (χ3v) is 3.18. The van der Waals surface area contributed by atoms with E-state index in [9.17, 15) is 9.59 Å². The molecule has 0 spiro atoms. The molecule has 0 heterocycles. The van der Waals surface area contributed by atoms with Crippen molar-refractivity contribution in [1.29, 1.82) is 0 Å². The summed E-state index contributed by atoms with van der Waals surface area (Å²) >= 11 is 0. The van der Waals surface area contributed by atoms with E-state index >= 15 is 0 Å². The third-order valence-electron chi connectivity index (χ3n) is 3.18. The van der Waals surface area contributed by atoms with Crippen molar-refractivity contribution < 1.29 is 14.3 Å². The van der Waals surface area contributed by atoms with E-state index in [1.807, 2.05) is 24.3 Å². The molecule has 23 heavy (non-hydrogen) atoms. The number of likely N-dealkylation sites (N-methyl/N-ethyl adjacent to an activating group) is 1. The Kier molecular flexibility index (Phi) is 8.34. The van der Waals surface area contributed by atoms with Crippen LogP contribution in [0.1, 0.15) is 18.9 Å². The molecule has 0 aliphatic rings. The standard InChI is InChI=1S/C16H26N4O3/c1-4-9-18-14-7-5-13(6-8-14)12-23-16(22)19-10-11-20(3)15(21)17-2/h5-8,18H,4,9-12H2,1-3H3,(H,17,21)(H,19,22). The number of nitrogens with one attached hydrogen (secondary N) is 3. The zero-order valence-corrected chi connectivity index (χ0v) is 14.0. The molecule has 0 aliphatic heterocycles. The molecule has 0 bridgehead atoms. The van der Waals surface area contributed by atoms with Crippen LogP contribution in [-0.2, 0) is 11.3 Å². The number of urea groups is 1. The molecule has 1 rings (SSSR count). The van der Waals surface area contributed by atoms with Gasteiger partial charge < -0.3 is 25.6 Å². The molecule has 0 saturated heterocycles. The summed E-state index contributed by atoms with van der Waals surface area (Å²) in [5.41, 5.74) is 1.97. The van der Waals surface area contributed by atoms with Crippen LogP contribution in [0, 0.1) is 0 Å². The predicted molar refractivity (Wildman–Crippen MR) is 90.5 cm³/mol. The summed E-state index contributed by atoms with van der Waals surface area (Å²) in [6.07, 6.45) is 0.573. The van der Waals surface area contributed by atoms with Crippen molar-refractivity contribution in [2.45, 2.75) is 20.0 Å². The number of nitrogens with zero attached hydrogens (tertiary/aromatic N) is 1. The van der Waals surface area contributed by atoms with Gasteiger partial charge in [-0.15, -0.1) is 0 Å². The highest BCUT2D eigenvalue weighted by molar-refractivity contribution is 5.73. The second-order valence-corrected chi connectivity index (χ2v) is 5.10. The van der Waals surface area contributed by atoms with E-state index in [0.29, 0.717) is 13.1 Å². The monoisotopic (exact) mass is 322 g/mol. The molecule has 128 valence electrons. The van der Waals surface area contributed by atoms with Crippen LogP contribution in [0.3, 0.4) is 0 Å². The molecule has 0 unspecified atom stereocenters. The lowest BCUT2D eigenvalue weighted by atomic mass is 10.2. The Bertz CT molecular complexity index is 491. The van der Waals surface area contributed by atoms with E-state index in [-0.39, 0.29) is 12.6 Å². The first-order chi connectivity index (χ1) is 11.1. The molecule has 7 nitrogen and oxygen atoms in total. The third kappa shape index (κ3) is 7.39. The smallest absolute Gasteiger partial charge is 0.407 e. The molecule has 0 aromatic heterocycles. The van der Waals surface area contributed by atoms with Crippen LogP contribution in [0.2, 0.25) is 0 Å². The van der Waals surface area contributed by atoms with Gasteiger partial charge in [-0.05, 0) is 24.1 Å². The summed E-state index contributed by atoms with van der Waals surface area (Å²) in [7, 11) is 3.21. The van der Waals surface area contributed by atoms with Crippen molar-refractivity contribution in [3.63, 3.8) is 0 Å². The van der Waals surface area contributed by atoms with Crippen molar-refractivity contribution in [1.82, 2.24) is 15.5 Å². The Hall–Kier alpha value is -2.44. The first-order valence-electron chi connectivity index (χ1n) is 7.73. The van der Waals surface area contributed by atoms with Crippen LogP contribution < -0.4 is 16.0 Å². The van der Waals surface area contributed by atoms with Crippen molar-refractivity contribution in [2.75, 3.05) is 39.0 Å². The van der Waals surface area contributed by atoms with E-state index in [0.717, 1.165) is 24.2 Å². The lowest BCUT2D eigenvalue weighted by Crippen LogP contribution is -2.40. The van der Waals surface area contributed by atoms with Crippen molar-refractivity contribution in [2.24, 2.45) is 0 Å². The fraction of sp³-hybridized carbons (Fsp3) is 0.500. The van der Waals surface area contributed by atoms with Gasteiger partial charge in [-0.3, -0.25) is 0 Å². The van der Waals surface area contributed by atoms with Crippen LogP contribution >= 0.6 is 0 Å². The summed E-state index contributed by atoms with van der Waals surface area (Å²) in [6, 6.07) is 7.57. The fourth-order valence-corrected chi connectivity index (χ4v) is 1.81. The highest BCUT2D eigenvalue weighted by Gasteiger charge is 2.07. The van der Waals surface area contributed by atoms with Gasteiger partial charge in [0.25, 0.3) is 0 Å². The highest BCUT2D eigenvalue weighted by atomic mass is 16.5. The van der Waals surface area contributed by atoms with E-state index < -0.39 is 6.09 Å². The summed E-state index contributed by atoms with van der Waals surface area (Å²) < 4.78 is 5.13. The molecular formula is C16H26N4O3. The van der Waals surface area contributed by atoms with Gasteiger partial charge in [-0.25, -0.2) is 9.59 Å². The lowest BCUT2D eigenvalue weighted by molar-refractivity contribution is 0.138. The first-order valence-corrected chi connectivity index (χ1v) is 7.73. The van der Waals surface area contributed by atoms with E-state index in [1.165, 1.54) is 4.90 Å². The zero-order valence-electron chi connectivity index (χ0n) is 14.0. The van der Waals surface area contributed by atoms with Crippen molar-refractivity contribution >= 4 is 17.8 Å². The maximum atomic E-state index is 11.6. The average Bonchev–Trinajstić information content (AvgIpc) is 2.58. The van der Waals surface area contributed by atoms with Gasteiger partial charge in [0.1, 0.15) is 6.61 Å². The molecular weight excluding hydrogens is 296 g/mol. The number of rotatable bonds is 8. The molecule has 7 heteroatoms. The average molecular weight is 322 g/mol. The number of hydrogen-bond donors (Lipinski definition) is 3. The fourth-order valence-electron chi connectivity index (χ4n) is 1.81. The van der Waals surface area contributed by atoms with Crippen LogP contribution in [0.25, 0.3) is 0 Å². The van der Waals surface area contributed by atoms with Gasteiger partial charge in [0.05, 0.1) is 0 Å². The van der Waals surface area contributed by atoms with Crippen molar-refractivity contribution in [3.05, 3.63) is 29.8 Å². The van der Waals surface area contributed by atoms with Gasteiger partial charge in [0.15, 0.2) is 0 Å². The number of carbonyl (C=O) groups is 2. The quantitative estimate of drug-likeness (QED) is 0.684. The molecule has 0 radical (unpaired) electrons. The molecule has 1 aromatic carbocycles.